The maximum absolute atomic E-state index is 12.9. The number of ether oxygens (including phenoxy) is 1. The molecule has 2 atom stereocenters. The van der Waals surface area contributed by atoms with Crippen LogP contribution in [0.4, 0.5) is 5.69 Å². The molecule has 0 saturated carbocycles. The zero-order valence-corrected chi connectivity index (χ0v) is 24.8. The van der Waals surface area contributed by atoms with Crippen LogP contribution < -0.4 is 15.4 Å². The Balaban J connectivity index is 1.36. The maximum atomic E-state index is 12.9. The molecule has 4 aromatic rings. The van der Waals surface area contributed by atoms with E-state index in [1.54, 1.807) is 0 Å². The number of carboxylic acids is 1. The maximum Gasteiger partial charge on any atom is 0.325 e. The van der Waals surface area contributed by atoms with Gasteiger partial charge >= 0.3 is 5.97 Å². The summed E-state index contributed by atoms with van der Waals surface area (Å²) in [6, 6.07) is 23.4. The summed E-state index contributed by atoms with van der Waals surface area (Å²) < 4.78 is 5.88. The van der Waals surface area contributed by atoms with Crippen molar-refractivity contribution >= 4 is 17.6 Å². The summed E-state index contributed by atoms with van der Waals surface area (Å²) in [5.41, 5.74) is 4.48. The van der Waals surface area contributed by atoms with Crippen molar-refractivity contribution in [2.75, 3.05) is 11.9 Å². The normalized spacial score (nSPS) is 12.2. The van der Waals surface area contributed by atoms with Gasteiger partial charge in [0.25, 0.3) is 0 Å². The van der Waals surface area contributed by atoms with Crippen LogP contribution in [0.2, 0.25) is 0 Å². The zero-order chi connectivity index (χ0) is 30.4. The van der Waals surface area contributed by atoms with Gasteiger partial charge in [0.2, 0.25) is 5.91 Å². The number of carbonyl (C=O) groups is 2. The van der Waals surface area contributed by atoms with Crippen LogP contribution in [0.3, 0.4) is 0 Å². The van der Waals surface area contributed by atoms with E-state index in [1.165, 1.54) is 32.6 Å². The molecular weight excluding hydrogens is 540 g/mol. The van der Waals surface area contributed by atoms with Crippen molar-refractivity contribution in [3.05, 3.63) is 96.8 Å². The van der Waals surface area contributed by atoms with E-state index >= 15 is 0 Å². The van der Waals surface area contributed by atoms with Crippen molar-refractivity contribution in [3.8, 4) is 28.3 Å². The van der Waals surface area contributed by atoms with Gasteiger partial charge in [0.05, 0.1) is 6.61 Å². The molecule has 0 saturated heterocycles. The molecule has 0 spiro atoms. The summed E-state index contributed by atoms with van der Waals surface area (Å²) >= 11 is 0. The highest BCUT2D eigenvalue weighted by atomic mass is 16.5. The Labute approximate surface area is 253 Å². The molecule has 0 radical (unpaired) electrons. The van der Waals surface area contributed by atoms with E-state index < -0.39 is 18.1 Å². The molecular formula is C35H40N4O4. The van der Waals surface area contributed by atoms with E-state index in [1.807, 2.05) is 91.3 Å². The average Bonchev–Trinajstić information content (AvgIpc) is 3.03. The number of carboxylic acid groups (broad SMARTS) is 1. The van der Waals surface area contributed by atoms with Gasteiger partial charge in [0.1, 0.15) is 17.8 Å². The Morgan fingerprint density at radius 3 is 2.12 bits per heavy atom. The van der Waals surface area contributed by atoms with Crippen molar-refractivity contribution in [2.24, 2.45) is 0 Å². The quantitative estimate of drug-likeness (QED) is 0.125. The van der Waals surface area contributed by atoms with E-state index in [2.05, 4.69) is 27.5 Å². The molecule has 0 aliphatic rings. The molecule has 3 N–H and O–H groups in total. The third-order valence-corrected chi connectivity index (χ3v) is 7.17. The number of benzene rings is 3. The fourth-order valence-electron chi connectivity index (χ4n) is 4.61. The smallest absolute Gasteiger partial charge is 0.325 e. The van der Waals surface area contributed by atoms with E-state index in [9.17, 15) is 14.7 Å². The lowest BCUT2D eigenvalue weighted by Crippen LogP contribution is -2.47. The molecule has 224 valence electrons. The van der Waals surface area contributed by atoms with Crippen molar-refractivity contribution in [1.29, 1.82) is 0 Å². The second kappa shape index (κ2) is 16.1. The lowest BCUT2D eigenvalue weighted by molar-refractivity contribution is -0.141. The number of unbranched alkanes of at least 4 members (excludes halogenated alkanes) is 4. The van der Waals surface area contributed by atoms with E-state index in [0.717, 1.165) is 46.7 Å². The summed E-state index contributed by atoms with van der Waals surface area (Å²) in [5, 5.41) is 15.0. The van der Waals surface area contributed by atoms with Crippen LogP contribution in [0, 0.1) is 0 Å². The number of carbonyl (C=O) groups excluding carboxylic acids is 1. The molecule has 0 bridgehead atoms. The highest BCUT2D eigenvalue weighted by Crippen LogP contribution is 2.24. The number of amides is 1. The molecule has 1 heterocycles. The fraction of sp³-hybridized carbons (Fsp3) is 0.314. The lowest BCUT2D eigenvalue weighted by atomic mass is 10.0. The lowest BCUT2D eigenvalue weighted by Gasteiger charge is -2.21. The SMILES string of the molecule is CCCCCCCOc1ccc(-c2cnc(-c3ccc(CC(Nc4ccccc4)C(=O)NC(C)C(=O)O)cc3)nc2)cc1. The molecule has 8 heteroatoms. The summed E-state index contributed by atoms with van der Waals surface area (Å²) in [6.07, 6.45) is 10.1. The van der Waals surface area contributed by atoms with Crippen LogP contribution in [-0.4, -0.2) is 45.6 Å². The minimum absolute atomic E-state index is 0.367. The molecule has 3 aromatic carbocycles. The number of hydrogen-bond acceptors (Lipinski definition) is 6. The number of nitrogens with one attached hydrogen (secondary N) is 2. The minimum Gasteiger partial charge on any atom is -0.494 e. The van der Waals surface area contributed by atoms with E-state index in [4.69, 9.17) is 4.74 Å². The van der Waals surface area contributed by atoms with Crippen molar-refractivity contribution in [1.82, 2.24) is 15.3 Å². The molecule has 1 aromatic heterocycles. The summed E-state index contributed by atoms with van der Waals surface area (Å²) in [5.74, 6) is -0.00210. The van der Waals surface area contributed by atoms with Crippen LogP contribution in [0.1, 0.15) is 51.5 Å². The number of anilines is 1. The molecule has 8 nitrogen and oxygen atoms in total. The summed E-state index contributed by atoms with van der Waals surface area (Å²) in [7, 11) is 0. The number of hydrogen-bond donors (Lipinski definition) is 3. The monoisotopic (exact) mass is 580 g/mol. The Hall–Kier alpha value is -4.72. The first-order chi connectivity index (χ1) is 20.9. The fourth-order valence-corrected chi connectivity index (χ4v) is 4.61. The Morgan fingerprint density at radius 1 is 0.814 bits per heavy atom. The molecule has 0 aliphatic carbocycles. The predicted molar refractivity (Wildman–Crippen MR) is 170 cm³/mol. The van der Waals surface area contributed by atoms with Gasteiger partial charge < -0.3 is 20.5 Å². The van der Waals surface area contributed by atoms with E-state index in [0.29, 0.717) is 12.2 Å². The first-order valence-corrected chi connectivity index (χ1v) is 14.9. The Bertz CT molecular complexity index is 1430. The molecule has 1 amide bonds. The predicted octanol–water partition coefficient (Wildman–Crippen LogP) is 6.77. The first-order valence-electron chi connectivity index (χ1n) is 14.9. The summed E-state index contributed by atoms with van der Waals surface area (Å²) in [4.78, 5) is 33.4. The standard InChI is InChI=1S/C35H40N4O4/c1-3-4-5-6-10-21-43-31-19-17-27(18-20-31)29-23-36-33(37-24-29)28-15-13-26(14-16-28)22-32(34(40)38-25(2)35(41)42)39-30-11-8-7-9-12-30/h7-9,11-20,23-25,32,39H,3-6,10,21-22H2,1-2H3,(H,38,40)(H,41,42). The molecule has 2 unspecified atom stereocenters. The second-order valence-corrected chi connectivity index (χ2v) is 10.6. The molecule has 0 fully saturated rings. The molecule has 0 aliphatic heterocycles. The Morgan fingerprint density at radius 2 is 1.47 bits per heavy atom. The first kappa shape index (κ1) is 31.2. The molecule has 4 rings (SSSR count). The van der Waals surface area contributed by atoms with Crippen LogP contribution in [0.25, 0.3) is 22.5 Å². The highest BCUT2D eigenvalue weighted by Gasteiger charge is 2.23. The van der Waals surface area contributed by atoms with Crippen molar-refractivity contribution in [2.45, 2.75) is 64.5 Å². The highest BCUT2D eigenvalue weighted by molar-refractivity contribution is 5.89. The van der Waals surface area contributed by atoms with Gasteiger partial charge in [-0.2, -0.15) is 0 Å². The van der Waals surface area contributed by atoms with Crippen molar-refractivity contribution < 1.29 is 19.4 Å². The van der Waals surface area contributed by atoms with Gasteiger partial charge in [0.15, 0.2) is 5.82 Å². The van der Waals surface area contributed by atoms with Gasteiger partial charge in [0, 0.05) is 35.6 Å². The van der Waals surface area contributed by atoms with Gasteiger partial charge in [-0.1, -0.05) is 87.2 Å². The largest absolute Gasteiger partial charge is 0.494 e. The summed E-state index contributed by atoms with van der Waals surface area (Å²) in [6.45, 7) is 4.40. The van der Waals surface area contributed by atoms with Crippen LogP contribution in [0.15, 0.2) is 91.3 Å². The number of aliphatic carboxylic acids is 1. The number of nitrogens with zero attached hydrogens (tertiary/aromatic N) is 2. The third kappa shape index (κ3) is 9.67. The van der Waals surface area contributed by atoms with Crippen LogP contribution in [-0.2, 0) is 16.0 Å². The minimum atomic E-state index is -1.09. The van der Waals surface area contributed by atoms with Gasteiger partial charge in [-0.25, -0.2) is 9.97 Å². The molecule has 43 heavy (non-hydrogen) atoms. The second-order valence-electron chi connectivity index (χ2n) is 10.6. The van der Waals surface area contributed by atoms with Gasteiger partial charge in [-0.3, -0.25) is 9.59 Å². The average molecular weight is 581 g/mol. The zero-order valence-electron chi connectivity index (χ0n) is 24.8. The topological polar surface area (TPSA) is 113 Å². The number of para-hydroxylation sites is 1. The third-order valence-electron chi connectivity index (χ3n) is 7.17. The Kier molecular flexibility index (Phi) is 11.7. The number of rotatable bonds is 16. The van der Waals surface area contributed by atoms with Gasteiger partial charge in [-0.05, 0) is 48.7 Å². The van der Waals surface area contributed by atoms with E-state index in [-0.39, 0.29) is 5.91 Å². The van der Waals surface area contributed by atoms with Crippen LogP contribution in [0.5, 0.6) is 5.75 Å². The van der Waals surface area contributed by atoms with Crippen LogP contribution >= 0.6 is 0 Å². The van der Waals surface area contributed by atoms with Gasteiger partial charge in [-0.15, -0.1) is 0 Å². The van der Waals surface area contributed by atoms with Crippen molar-refractivity contribution in [3.63, 3.8) is 0 Å². The number of aromatic nitrogens is 2.